The molecule has 0 amide bonds. The summed E-state index contributed by atoms with van der Waals surface area (Å²) in [7, 11) is 0. The summed E-state index contributed by atoms with van der Waals surface area (Å²) in [5.74, 6) is 6.49. The number of guanidine groups is 1. The van der Waals surface area contributed by atoms with Crippen molar-refractivity contribution in [3.63, 3.8) is 0 Å². The molecule has 7 nitrogen and oxygen atoms in total. The van der Waals surface area contributed by atoms with Gasteiger partial charge >= 0.3 is 0 Å². The number of hydrogen-bond donors (Lipinski definition) is 2. The van der Waals surface area contributed by atoms with Crippen LogP contribution in [0.5, 0.6) is 5.75 Å². The number of hydroxylamine groups is 2. The van der Waals surface area contributed by atoms with Crippen molar-refractivity contribution in [2.45, 2.75) is 25.9 Å². The Labute approximate surface area is 172 Å². The average Bonchev–Trinajstić information content (AvgIpc) is 2.48. The van der Waals surface area contributed by atoms with Crippen LogP contribution in [-0.2, 0) is 4.84 Å². The van der Waals surface area contributed by atoms with E-state index < -0.39 is 5.66 Å². The van der Waals surface area contributed by atoms with E-state index in [1.54, 1.807) is 17.2 Å². The highest BCUT2D eigenvalue weighted by Crippen LogP contribution is 2.33. The van der Waals surface area contributed by atoms with Crippen molar-refractivity contribution in [3.05, 3.63) is 27.2 Å². The van der Waals surface area contributed by atoms with Crippen LogP contribution in [0.2, 0.25) is 15.1 Å². The van der Waals surface area contributed by atoms with Gasteiger partial charge in [0.2, 0.25) is 5.96 Å². The Balaban J connectivity index is 0.00000312. The van der Waals surface area contributed by atoms with E-state index in [2.05, 4.69) is 4.99 Å². The lowest BCUT2D eigenvalue weighted by atomic mass is 10.2. The van der Waals surface area contributed by atoms with Gasteiger partial charge in [-0.25, -0.2) is 10.8 Å². The standard InChI is InChI=1S/C14H20Cl3N5O2.BrH/c1-14(2)20-13(18)21(19)8-22(14)24-5-3-4-23-12-7-10(16)9(15)6-11(12)17;/h6-7H,3-5,8,19H2,1-2H3,(H2,18,20);1H. The summed E-state index contributed by atoms with van der Waals surface area (Å²) in [6.45, 7) is 4.93. The fourth-order valence-corrected chi connectivity index (χ4v) is 2.61. The van der Waals surface area contributed by atoms with E-state index >= 15 is 0 Å². The average molecular weight is 478 g/mol. The molecule has 0 unspecified atom stereocenters. The first kappa shape index (κ1) is 22.6. The molecule has 0 bridgehead atoms. The molecule has 142 valence electrons. The lowest BCUT2D eigenvalue weighted by molar-refractivity contribution is -0.234. The van der Waals surface area contributed by atoms with Gasteiger partial charge in [-0.15, -0.1) is 22.0 Å². The number of aliphatic imine (C=N–C) groups is 1. The Morgan fingerprint density at radius 2 is 1.80 bits per heavy atom. The number of nitrogens with zero attached hydrogens (tertiary/aromatic N) is 3. The molecule has 1 aromatic rings. The lowest BCUT2D eigenvalue weighted by Gasteiger charge is -2.40. The first-order valence-corrected chi connectivity index (χ1v) is 8.39. The largest absolute Gasteiger partial charge is 0.492 e. The Morgan fingerprint density at radius 1 is 1.16 bits per heavy atom. The highest BCUT2D eigenvalue weighted by Gasteiger charge is 2.33. The van der Waals surface area contributed by atoms with Gasteiger partial charge in [-0.3, -0.25) is 9.85 Å². The molecular formula is C14H21BrCl3N5O2. The van der Waals surface area contributed by atoms with Gasteiger partial charge in [0.25, 0.3) is 0 Å². The smallest absolute Gasteiger partial charge is 0.209 e. The summed E-state index contributed by atoms with van der Waals surface area (Å²) in [5.41, 5.74) is 5.12. The third kappa shape index (κ3) is 6.02. The Hall–Kier alpha value is -0.480. The van der Waals surface area contributed by atoms with Gasteiger partial charge in [-0.05, 0) is 19.9 Å². The van der Waals surface area contributed by atoms with Crippen molar-refractivity contribution in [1.29, 1.82) is 0 Å². The van der Waals surface area contributed by atoms with Crippen LogP contribution in [0.3, 0.4) is 0 Å². The first-order chi connectivity index (χ1) is 11.2. The van der Waals surface area contributed by atoms with Crippen molar-refractivity contribution in [2.24, 2.45) is 16.6 Å². The fourth-order valence-electron chi connectivity index (χ4n) is 2.01. The number of benzene rings is 1. The Kier molecular flexibility index (Phi) is 8.53. The van der Waals surface area contributed by atoms with Gasteiger partial charge in [-0.1, -0.05) is 34.8 Å². The van der Waals surface area contributed by atoms with Gasteiger partial charge in [0.05, 0.1) is 28.3 Å². The summed E-state index contributed by atoms with van der Waals surface area (Å²) in [6.07, 6.45) is 0.632. The second-order valence-electron chi connectivity index (χ2n) is 5.69. The molecule has 0 saturated carbocycles. The minimum absolute atomic E-state index is 0. The molecule has 1 heterocycles. The molecule has 0 fully saturated rings. The van der Waals surface area contributed by atoms with Crippen LogP contribution in [0.25, 0.3) is 0 Å². The molecule has 11 heteroatoms. The molecule has 0 atom stereocenters. The SMILES string of the molecule is Br.CC1(C)N=C(N)N(N)CN1OCCCOc1cc(Cl)c(Cl)cc1Cl. The van der Waals surface area contributed by atoms with E-state index in [4.69, 9.17) is 56.0 Å². The summed E-state index contributed by atoms with van der Waals surface area (Å²) in [5, 5.41) is 4.16. The topological polar surface area (TPSA) is 89.3 Å². The van der Waals surface area contributed by atoms with E-state index in [9.17, 15) is 0 Å². The summed E-state index contributed by atoms with van der Waals surface area (Å²) in [6, 6.07) is 3.14. The molecule has 0 saturated heterocycles. The number of hydrogen-bond acceptors (Lipinski definition) is 7. The Bertz CT molecular complexity index is 633. The summed E-state index contributed by atoms with van der Waals surface area (Å²) < 4.78 is 5.60. The molecule has 4 N–H and O–H groups in total. The van der Waals surface area contributed by atoms with Gasteiger partial charge in [-0.2, -0.15) is 0 Å². The third-order valence-corrected chi connectivity index (χ3v) is 4.36. The van der Waals surface area contributed by atoms with Crippen molar-refractivity contribution in [3.8, 4) is 5.75 Å². The molecule has 1 aliphatic heterocycles. The summed E-state index contributed by atoms with van der Waals surface area (Å²) in [4.78, 5) is 9.99. The van der Waals surface area contributed by atoms with E-state index in [0.717, 1.165) is 0 Å². The number of nitrogens with two attached hydrogens (primary N) is 2. The minimum Gasteiger partial charge on any atom is -0.492 e. The van der Waals surface area contributed by atoms with Gasteiger partial charge in [0.15, 0.2) is 0 Å². The second-order valence-corrected chi connectivity index (χ2v) is 6.91. The zero-order valence-corrected chi connectivity index (χ0v) is 17.8. The molecule has 1 aliphatic rings. The predicted molar refractivity (Wildman–Crippen MR) is 106 cm³/mol. The molecule has 0 aromatic heterocycles. The highest BCUT2D eigenvalue weighted by molar-refractivity contribution is 8.93. The Morgan fingerprint density at radius 3 is 2.48 bits per heavy atom. The molecule has 1 aromatic carbocycles. The number of ether oxygens (including phenoxy) is 1. The van der Waals surface area contributed by atoms with Crippen LogP contribution in [0.1, 0.15) is 20.3 Å². The lowest BCUT2D eigenvalue weighted by Crippen LogP contribution is -2.59. The van der Waals surface area contributed by atoms with Crippen LogP contribution in [0, 0.1) is 0 Å². The van der Waals surface area contributed by atoms with Crippen molar-refractivity contribution < 1.29 is 9.57 Å². The fraction of sp³-hybridized carbons (Fsp3) is 0.500. The summed E-state index contributed by atoms with van der Waals surface area (Å²) >= 11 is 17.9. The quantitative estimate of drug-likeness (QED) is 0.371. The molecular weight excluding hydrogens is 456 g/mol. The third-order valence-electron chi connectivity index (χ3n) is 3.34. The molecule has 0 radical (unpaired) electrons. The van der Waals surface area contributed by atoms with E-state index in [1.807, 2.05) is 13.8 Å². The molecule has 2 rings (SSSR count). The molecule has 0 aliphatic carbocycles. The minimum atomic E-state index is -0.589. The monoisotopic (exact) mass is 475 g/mol. The van der Waals surface area contributed by atoms with E-state index in [-0.39, 0.29) is 22.9 Å². The van der Waals surface area contributed by atoms with Crippen LogP contribution in [-0.4, -0.2) is 41.6 Å². The van der Waals surface area contributed by atoms with Crippen LogP contribution >= 0.6 is 51.8 Å². The predicted octanol–water partition coefficient (Wildman–Crippen LogP) is 3.42. The zero-order valence-electron chi connectivity index (χ0n) is 13.8. The zero-order chi connectivity index (χ0) is 17.9. The maximum atomic E-state index is 6.05. The number of rotatable bonds is 6. The van der Waals surface area contributed by atoms with Crippen molar-refractivity contribution in [1.82, 2.24) is 10.1 Å². The maximum Gasteiger partial charge on any atom is 0.209 e. The molecule has 0 spiro atoms. The van der Waals surface area contributed by atoms with Gasteiger partial charge in [0.1, 0.15) is 18.1 Å². The van der Waals surface area contributed by atoms with Crippen LogP contribution in [0.15, 0.2) is 17.1 Å². The van der Waals surface area contributed by atoms with E-state index in [0.29, 0.717) is 47.1 Å². The number of hydrazine groups is 1. The van der Waals surface area contributed by atoms with Gasteiger partial charge < -0.3 is 10.5 Å². The van der Waals surface area contributed by atoms with Crippen molar-refractivity contribution in [2.75, 3.05) is 19.9 Å². The van der Waals surface area contributed by atoms with Crippen LogP contribution in [0.4, 0.5) is 0 Å². The highest BCUT2D eigenvalue weighted by atomic mass is 79.9. The second kappa shape index (κ2) is 9.45. The first-order valence-electron chi connectivity index (χ1n) is 7.26. The molecule has 25 heavy (non-hydrogen) atoms. The number of halogens is 4. The van der Waals surface area contributed by atoms with Crippen molar-refractivity contribution >= 4 is 57.7 Å². The van der Waals surface area contributed by atoms with Crippen LogP contribution < -0.4 is 16.3 Å². The maximum absolute atomic E-state index is 6.05. The van der Waals surface area contributed by atoms with Gasteiger partial charge in [0, 0.05) is 12.5 Å². The van der Waals surface area contributed by atoms with E-state index in [1.165, 1.54) is 5.01 Å². The normalized spacial score (nSPS) is 17.0.